The van der Waals surface area contributed by atoms with Gasteiger partial charge in [0.25, 0.3) is 5.91 Å². The van der Waals surface area contributed by atoms with E-state index in [-0.39, 0.29) is 36.6 Å². The number of carbonyl (C=O) groups excluding carboxylic acids is 1. The van der Waals surface area contributed by atoms with Crippen molar-refractivity contribution in [3.8, 4) is 5.75 Å². The van der Waals surface area contributed by atoms with Crippen LogP contribution in [-0.4, -0.2) is 41.2 Å². The van der Waals surface area contributed by atoms with E-state index < -0.39 is 0 Å². The average molecular weight is 386 g/mol. The lowest BCUT2D eigenvalue weighted by Gasteiger charge is -2.36. The molecule has 5 heteroatoms. The predicted molar refractivity (Wildman–Crippen MR) is 105 cm³/mol. The highest BCUT2D eigenvalue weighted by atomic mass is 35.5. The number of nitrogens with zero attached hydrogens (tertiary/aromatic N) is 1. The molecule has 0 aromatic heterocycles. The van der Waals surface area contributed by atoms with Crippen LogP contribution in [0.2, 0.25) is 5.02 Å². The smallest absolute Gasteiger partial charge is 0.261 e. The molecular weight excluding hydrogens is 362 g/mol. The molecule has 2 bridgehead atoms. The number of hydrogen-bond acceptors (Lipinski definition) is 3. The second kappa shape index (κ2) is 7.53. The Morgan fingerprint density at radius 2 is 1.89 bits per heavy atom. The Hall–Kier alpha value is -2.04. The third-order valence-corrected chi connectivity index (χ3v) is 6.28. The van der Waals surface area contributed by atoms with Crippen molar-refractivity contribution in [2.24, 2.45) is 5.41 Å². The molecule has 2 aromatic carbocycles. The number of halogens is 1. The molecule has 1 N–H and O–H groups in total. The fraction of sp³-hybridized carbons (Fsp3) is 0.409. The summed E-state index contributed by atoms with van der Waals surface area (Å²) in [5, 5.41) is 10.9. The highest BCUT2D eigenvalue weighted by Crippen LogP contribution is 2.51. The number of benzene rings is 2. The van der Waals surface area contributed by atoms with Gasteiger partial charge >= 0.3 is 0 Å². The van der Waals surface area contributed by atoms with Crippen molar-refractivity contribution < 1.29 is 14.6 Å². The van der Waals surface area contributed by atoms with Crippen LogP contribution in [0.25, 0.3) is 0 Å². The summed E-state index contributed by atoms with van der Waals surface area (Å²) in [6.07, 6.45) is 3.61. The van der Waals surface area contributed by atoms with Crippen molar-refractivity contribution >= 4 is 17.5 Å². The largest absolute Gasteiger partial charge is 0.484 e. The fourth-order valence-electron chi connectivity index (χ4n) is 4.84. The third kappa shape index (κ3) is 3.56. The number of amides is 1. The molecule has 0 saturated carbocycles. The van der Waals surface area contributed by atoms with Gasteiger partial charge in [0, 0.05) is 22.5 Å². The Kier molecular flexibility index (Phi) is 5.11. The lowest BCUT2D eigenvalue weighted by Crippen LogP contribution is -2.45. The lowest BCUT2D eigenvalue weighted by molar-refractivity contribution is -0.135. The van der Waals surface area contributed by atoms with Crippen LogP contribution in [0.1, 0.15) is 24.8 Å². The zero-order valence-electron chi connectivity index (χ0n) is 15.2. The summed E-state index contributed by atoms with van der Waals surface area (Å²) >= 11 is 5.88. The zero-order valence-corrected chi connectivity index (χ0v) is 15.9. The van der Waals surface area contributed by atoms with Crippen LogP contribution in [-0.2, 0) is 11.2 Å². The topological polar surface area (TPSA) is 49.8 Å². The van der Waals surface area contributed by atoms with Gasteiger partial charge in [-0.3, -0.25) is 4.79 Å². The molecule has 0 spiro atoms. The van der Waals surface area contributed by atoms with Gasteiger partial charge in [-0.1, -0.05) is 41.9 Å². The summed E-state index contributed by atoms with van der Waals surface area (Å²) in [6, 6.07) is 17.5. The maximum Gasteiger partial charge on any atom is 0.261 e. The minimum absolute atomic E-state index is 0.000775. The van der Waals surface area contributed by atoms with Crippen LogP contribution in [0.15, 0.2) is 54.6 Å². The summed E-state index contributed by atoms with van der Waals surface area (Å²) < 4.78 is 5.67. The van der Waals surface area contributed by atoms with E-state index in [4.69, 9.17) is 16.3 Å². The molecule has 4 nitrogen and oxygen atoms in total. The molecule has 4 rings (SSSR count). The number of hydrogen-bond donors (Lipinski definition) is 1. The standard InChI is InChI=1S/C22H24ClNO3/c23-17-6-9-19(10-7-17)27-14-21(26)24-18-8-11-20(24)22(13-18,15-25)12-16-4-2-1-3-5-16/h1-7,9-10,18,20,25H,8,11-15H2/t18-,20+,22-/m0/s1. The molecule has 2 saturated heterocycles. The number of carbonyl (C=O) groups is 1. The molecule has 2 heterocycles. The Balaban J connectivity index is 1.46. The first-order valence-corrected chi connectivity index (χ1v) is 9.83. The molecule has 0 aliphatic carbocycles. The number of ether oxygens (including phenoxy) is 1. The monoisotopic (exact) mass is 385 g/mol. The highest BCUT2D eigenvalue weighted by Gasteiger charge is 2.56. The van der Waals surface area contributed by atoms with E-state index in [1.165, 1.54) is 5.56 Å². The summed E-state index contributed by atoms with van der Waals surface area (Å²) in [4.78, 5) is 14.9. The first-order chi connectivity index (χ1) is 13.1. The Morgan fingerprint density at radius 3 is 2.59 bits per heavy atom. The van der Waals surface area contributed by atoms with Gasteiger partial charge in [0.15, 0.2) is 6.61 Å². The Labute approximate surface area is 164 Å². The van der Waals surface area contributed by atoms with Crippen molar-refractivity contribution in [3.63, 3.8) is 0 Å². The minimum atomic E-state index is -0.250. The van der Waals surface area contributed by atoms with Crippen LogP contribution >= 0.6 is 11.6 Å². The third-order valence-electron chi connectivity index (χ3n) is 6.03. The van der Waals surface area contributed by atoms with Gasteiger partial charge in [-0.2, -0.15) is 0 Å². The van der Waals surface area contributed by atoms with Gasteiger partial charge in [-0.05, 0) is 55.5 Å². The van der Waals surface area contributed by atoms with E-state index in [0.29, 0.717) is 10.8 Å². The number of aliphatic hydroxyl groups excluding tert-OH is 1. The average Bonchev–Trinajstić information content (AvgIpc) is 3.24. The molecule has 3 atom stereocenters. The lowest BCUT2D eigenvalue weighted by atomic mass is 9.70. The first-order valence-electron chi connectivity index (χ1n) is 9.46. The van der Waals surface area contributed by atoms with Crippen molar-refractivity contribution in [1.29, 1.82) is 0 Å². The second-order valence-corrected chi connectivity index (χ2v) is 8.11. The van der Waals surface area contributed by atoms with E-state index in [2.05, 4.69) is 12.1 Å². The van der Waals surface area contributed by atoms with Crippen LogP contribution in [0.4, 0.5) is 0 Å². The summed E-state index contributed by atoms with van der Waals surface area (Å²) in [6.45, 7) is 0.117. The zero-order chi connectivity index (χ0) is 18.9. The predicted octanol–water partition coefficient (Wildman–Crippen LogP) is 3.70. The van der Waals surface area contributed by atoms with E-state index in [9.17, 15) is 9.90 Å². The second-order valence-electron chi connectivity index (χ2n) is 7.68. The van der Waals surface area contributed by atoms with E-state index in [0.717, 1.165) is 25.7 Å². The van der Waals surface area contributed by atoms with Crippen LogP contribution in [0.5, 0.6) is 5.75 Å². The van der Waals surface area contributed by atoms with Crippen LogP contribution < -0.4 is 4.74 Å². The Bertz CT molecular complexity index is 795. The number of fused-ring (bicyclic) bond motifs is 2. The maximum atomic E-state index is 12.9. The van der Waals surface area contributed by atoms with Gasteiger partial charge < -0.3 is 14.7 Å². The Morgan fingerprint density at radius 1 is 1.15 bits per heavy atom. The van der Waals surface area contributed by atoms with Crippen molar-refractivity contribution in [2.45, 2.75) is 37.8 Å². The normalized spacial score (nSPS) is 26.4. The van der Waals surface area contributed by atoms with Gasteiger partial charge in [0.2, 0.25) is 0 Å². The highest BCUT2D eigenvalue weighted by molar-refractivity contribution is 6.30. The molecule has 1 amide bonds. The quantitative estimate of drug-likeness (QED) is 0.824. The summed E-state index contributed by atoms with van der Waals surface area (Å²) in [5.74, 6) is 0.637. The maximum absolute atomic E-state index is 12.9. The van der Waals surface area contributed by atoms with Gasteiger partial charge in [0.1, 0.15) is 5.75 Å². The van der Waals surface area contributed by atoms with E-state index >= 15 is 0 Å². The number of aliphatic hydroxyl groups is 1. The van der Waals surface area contributed by atoms with Crippen molar-refractivity contribution in [2.75, 3.05) is 13.2 Å². The van der Waals surface area contributed by atoms with Crippen molar-refractivity contribution in [3.05, 3.63) is 65.2 Å². The van der Waals surface area contributed by atoms with E-state index in [1.807, 2.05) is 23.1 Å². The SMILES string of the molecule is O=C(COc1ccc(Cl)cc1)N1[C@H]2CC[C@@H]1[C@@](CO)(Cc1ccccc1)C2. The van der Waals surface area contributed by atoms with Gasteiger partial charge in [-0.15, -0.1) is 0 Å². The molecule has 2 fully saturated rings. The van der Waals surface area contributed by atoms with Gasteiger partial charge in [-0.25, -0.2) is 0 Å². The van der Waals surface area contributed by atoms with Crippen LogP contribution in [0.3, 0.4) is 0 Å². The molecule has 0 radical (unpaired) electrons. The molecule has 2 aliphatic rings. The van der Waals surface area contributed by atoms with Crippen molar-refractivity contribution in [1.82, 2.24) is 4.90 Å². The molecule has 142 valence electrons. The molecule has 27 heavy (non-hydrogen) atoms. The fourth-order valence-corrected chi connectivity index (χ4v) is 4.96. The van der Waals surface area contributed by atoms with E-state index in [1.54, 1.807) is 24.3 Å². The van der Waals surface area contributed by atoms with Crippen LogP contribution in [0, 0.1) is 5.41 Å². The summed E-state index contributed by atoms with van der Waals surface area (Å²) in [5.41, 5.74) is 0.962. The minimum Gasteiger partial charge on any atom is -0.484 e. The molecule has 0 unspecified atom stereocenters. The molecular formula is C22H24ClNO3. The molecule has 2 aliphatic heterocycles. The number of rotatable bonds is 6. The van der Waals surface area contributed by atoms with Gasteiger partial charge in [0.05, 0.1) is 6.61 Å². The first kappa shape index (κ1) is 18.3. The summed E-state index contributed by atoms with van der Waals surface area (Å²) in [7, 11) is 0. The molecule has 2 aromatic rings.